The van der Waals surface area contributed by atoms with E-state index in [0.717, 1.165) is 11.3 Å². The number of benzene rings is 5. The van der Waals surface area contributed by atoms with E-state index < -0.39 is 12.0 Å². The number of amides is 1. The van der Waals surface area contributed by atoms with Crippen LogP contribution < -0.4 is 15.0 Å². The highest BCUT2D eigenvalue weighted by atomic mass is 16.5. The van der Waals surface area contributed by atoms with Crippen molar-refractivity contribution in [1.29, 1.82) is 0 Å². The molecule has 0 bridgehead atoms. The number of carbonyl (C=O) groups is 3. The highest BCUT2D eigenvalue weighted by molar-refractivity contribution is 6.12. The number of anilines is 2. The fourth-order valence-corrected chi connectivity index (χ4v) is 5.00. The van der Waals surface area contributed by atoms with Crippen LogP contribution in [0.1, 0.15) is 38.3 Å². The third-order valence-corrected chi connectivity index (χ3v) is 7.33. The van der Waals surface area contributed by atoms with Crippen LogP contribution in [-0.4, -0.2) is 42.0 Å². The molecule has 5 rings (SSSR count). The number of aliphatic carboxylic acids is 1. The van der Waals surface area contributed by atoms with Gasteiger partial charge < -0.3 is 20.1 Å². The summed E-state index contributed by atoms with van der Waals surface area (Å²) >= 11 is 0. The second-order valence-corrected chi connectivity index (χ2v) is 10.5. The summed E-state index contributed by atoms with van der Waals surface area (Å²) in [6.45, 7) is 0.881. The van der Waals surface area contributed by atoms with E-state index >= 15 is 0 Å². The number of hydrogen-bond acceptors (Lipinski definition) is 5. The van der Waals surface area contributed by atoms with Gasteiger partial charge in [-0.25, -0.2) is 4.79 Å². The van der Waals surface area contributed by atoms with E-state index in [0.29, 0.717) is 47.7 Å². The van der Waals surface area contributed by atoms with Gasteiger partial charge in [-0.05, 0) is 60.5 Å². The molecule has 0 radical (unpaired) electrons. The minimum absolute atomic E-state index is 0.0696. The molecule has 0 aromatic heterocycles. The van der Waals surface area contributed by atoms with E-state index in [1.54, 1.807) is 53.4 Å². The molecule has 1 amide bonds. The van der Waals surface area contributed by atoms with Gasteiger partial charge in [-0.15, -0.1) is 0 Å². The summed E-state index contributed by atoms with van der Waals surface area (Å²) < 4.78 is 5.96. The first-order valence-electron chi connectivity index (χ1n) is 14.8. The SMILES string of the molecule is O=C(c1ccccc1)c1ccccc1NC(Cc1ccc(OCCCN(C(=O)c2ccccc2)c2ccccc2)cc1)C(=O)O. The van der Waals surface area contributed by atoms with E-state index in [9.17, 15) is 19.5 Å². The van der Waals surface area contributed by atoms with E-state index in [2.05, 4.69) is 5.32 Å². The smallest absolute Gasteiger partial charge is 0.326 e. The van der Waals surface area contributed by atoms with E-state index in [4.69, 9.17) is 4.74 Å². The molecular weight excluding hydrogens is 564 g/mol. The largest absolute Gasteiger partial charge is 0.494 e. The number of hydrogen-bond donors (Lipinski definition) is 2. The molecule has 1 unspecified atom stereocenters. The Balaban J connectivity index is 1.18. The number of para-hydroxylation sites is 2. The van der Waals surface area contributed by atoms with Crippen LogP contribution in [0.25, 0.3) is 0 Å². The van der Waals surface area contributed by atoms with Crippen molar-refractivity contribution in [1.82, 2.24) is 0 Å². The molecule has 1 atom stereocenters. The molecule has 226 valence electrons. The van der Waals surface area contributed by atoms with Crippen molar-refractivity contribution >= 4 is 29.0 Å². The maximum atomic E-state index is 13.2. The average Bonchev–Trinajstić information content (AvgIpc) is 3.09. The Bertz CT molecular complexity index is 1710. The predicted molar refractivity (Wildman–Crippen MR) is 176 cm³/mol. The number of carboxylic acid groups (broad SMARTS) is 1. The second-order valence-electron chi connectivity index (χ2n) is 10.5. The number of carbonyl (C=O) groups excluding carboxylic acids is 2. The summed E-state index contributed by atoms with van der Waals surface area (Å²) in [5, 5.41) is 13.0. The maximum Gasteiger partial charge on any atom is 0.326 e. The molecule has 0 fully saturated rings. The predicted octanol–water partition coefficient (Wildman–Crippen LogP) is 7.14. The van der Waals surface area contributed by atoms with Gasteiger partial charge in [-0.1, -0.05) is 91.0 Å². The number of ether oxygens (including phenoxy) is 1. The van der Waals surface area contributed by atoms with E-state index in [-0.39, 0.29) is 18.1 Å². The van der Waals surface area contributed by atoms with Crippen molar-refractivity contribution in [2.45, 2.75) is 18.9 Å². The summed E-state index contributed by atoms with van der Waals surface area (Å²) in [5.41, 5.74) is 3.66. The van der Waals surface area contributed by atoms with Crippen molar-refractivity contribution in [2.24, 2.45) is 0 Å². The topological polar surface area (TPSA) is 95.9 Å². The molecule has 5 aromatic rings. The van der Waals surface area contributed by atoms with Crippen LogP contribution in [0.4, 0.5) is 11.4 Å². The van der Waals surface area contributed by atoms with Crippen LogP contribution in [0.15, 0.2) is 140 Å². The third-order valence-electron chi connectivity index (χ3n) is 7.33. The van der Waals surface area contributed by atoms with Crippen molar-refractivity contribution in [3.63, 3.8) is 0 Å². The Hall–Kier alpha value is -5.69. The Morgan fingerprint density at radius 1 is 0.689 bits per heavy atom. The lowest BCUT2D eigenvalue weighted by molar-refractivity contribution is -0.137. The average molecular weight is 599 g/mol. The first kappa shape index (κ1) is 30.8. The van der Waals surface area contributed by atoms with Crippen molar-refractivity contribution in [3.05, 3.63) is 162 Å². The number of nitrogens with one attached hydrogen (secondary N) is 1. The van der Waals surface area contributed by atoms with Gasteiger partial charge in [0, 0.05) is 41.0 Å². The van der Waals surface area contributed by atoms with Gasteiger partial charge in [0.05, 0.1) is 6.61 Å². The Morgan fingerprint density at radius 2 is 1.27 bits per heavy atom. The first-order chi connectivity index (χ1) is 22.0. The van der Waals surface area contributed by atoms with Gasteiger partial charge in [0.25, 0.3) is 5.91 Å². The fraction of sp³-hybridized carbons (Fsp3) is 0.132. The minimum Gasteiger partial charge on any atom is -0.494 e. The molecule has 0 saturated heterocycles. The van der Waals surface area contributed by atoms with Gasteiger partial charge >= 0.3 is 5.97 Å². The van der Waals surface area contributed by atoms with Gasteiger partial charge in [0.15, 0.2) is 5.78 Å². The molecule has 0 aliphatic heterocycles. The summed E-state index contributed by atoms with van der Waals surface area (Å²) in [4.78, 5) is 40.3. The number of nitrogens with zero attached hydrogens (tertiary/aromatic N) is 1. The molecule has 0 saturated carbocycles. The van der Waals surface area contributed by atoms with Crippen LogP contribution in [0.2, 0.25) is 0 Å². The highest BCUT2D eigenvalue weighted by Crippen LogP contribution is 2.22. The second kappa shape index (κ2) is 15.2. The summed E-state index contributed by atoms with van der Waals surface area (Å²) in [5.74, 6) is -0.621. The fourth-order valence-electron chi connectivity index (χ4n) is 5.00. The number of ketones is 1. The normalized spacial score (nSPS) is 11.3. The Morgan fingerprint density at radius 3 is 1.91 bits per heavy atom. The molecule has 0 aliphatic carbocycles. The summed E-state index contributed by atoms with van der Waals surface area (Å²) in [7, 11) is 0. The molecule has 2 N–H and O–H groups in total. The molecular formula is C38H34N2O5. The number of carboxylic acids is 1. The van der Waals surface area contributed by atoms with Gasteiger partial charge in [-0.3, -0.25) is 9.59 Å². The first-order valence-corrected chi connectivity index (χ1v) is 14.8. The quantitative estimate of drug-likeness (QED) is 0.104. The third kappa shape index (κ3) is 8.24. The van der Waals surface area contributed by atoms with E-state index in [1.165, 1.54) is 0 Å². The molecule has 45 heavy (non-hydrogen) atoms. The van der Waals surface area contributed by atoms with Crippen molar-refractivity contribution in [2.75, 3.05) is 23.4 Å². The lowest BCUT2D eigenvalue weighted by atomic mass is 10.00. The Labute approximate surface area is 262 Å². The molecule has 0 aliphatic rings. The molecule has 0 spiro atoms. The lowest BCUT2D eigenvalue weighted by Crippen LogP contribution is -2.32. The summed E-state index contributed by atoms with van der Waals surface area (Å²) in [6, 6.07) is 41.0. The molecule has 7 nitrogen and oxygen atoms in total. The molecule has 0 heterocycles. The standard InChI is InChI=1S/C38H34N2O5/c41-36(29-13-4-1-5-14-29)33-19-10-11-20-34(33)39-35(38(43)44)27-28-21-23-32(24-22-28)45-26-12-25-40(31-17-8-3-9-18-31)37(42)30-15-6-2-7-16-30/h1-11,13-24,35,39H,12,25-27H2,(H,43,44). The van der Waals surface area contributed by atoms with Crippen LogP contribution in [0.5, 0.6) is 5.75 Å². The molecule has 7 heteroatoms. The van der Waals surface area contributed by atoms with Crippen LogP contribution >= 0.6 is 0 Å². The van der Waals surface area contributed by atoms with Crippen LogP contribution in [0, 0.1) is 0 Å². The van der Waals surface area contributed by atoms with Crippen LogP contribution in [-0.2, 0) is 11.2 Å². The van der Waals surface area contributed by atoms with Crippen LogP contribution in [0.3, 0.4) is 0 Å². The van der Waals surface area contributed by atoms with Gasteiger partial charge in [-0.2, -0.15) is 0 Å². The zero-order valence-electron chi connectivity index (χ0n) is 24.7. The summed E-state index contributed by atoms with van der Waals surface area (Å²) in [6.07, 6.45) is 0.818. The van der Waals surface area contributed by atoms with E-state index in [1.807, 2.05) is 91.0 Å². The van der Waals surface area contributed by atoms with Gasteiger partial charge in [0.2, 0.25) is 0 Å². The lowest BCUT2D eigenvalue weighted by Gasteiger charge is -2.23. The highest BCUT2D eigenvalue weighted by Gasteiger charge is 2.22. The monoisotopic (exact) mass is 598 g/mol. The maximum absolute atomic E-state index is 13.2. The van der Waals surface area contributed by atoms with Crippen molar-refractivity contribution in [3.8, 4) is 5.75 Å². The van der Waals surface area contributed by atoms with Crippen molar-refractivity contribution < 1.29 is 24.2 Å². The van der Waals surface area contributed by atoms with Gasteiger partial charge in [0.1, 0.15) is 11.8 Å². The zero-order chi connectivity index (χ0) is 31.4. The number of rotatable bonds is 14. The molecule has 5 aromatic carbocycles. The minimum atomic E-state index is -1.02. The zero-order valence-corrected chi connectivity index (χ0v) is 24.7. The Kier molecular flexibility index (Phi) is 10.4.